The van der Waals surface area contributed by atoms with E-state index in [9.17, 15) is 4.79 Å². The minimum Gasteiger partial charge on any atom is -0.356 e. The molecule has 4 nitrogen and oxygen atoms in total. The van der Waals surface area contributed by atoms with Crippen LogP contribution in [-0.4, -0.2) is 43.5 Å². The van der Waals surface area contributed by atoms with E-state index in [4.69, 9.17) is 5.73 Å². The molecule has 4 heteroatoms. The Morgan fingerprint density at radius 2 is 1.86 bits per heavy atom. The van der Waals surface area contributed by atoms with Gasteiger partial charge in [-0.25, -0.2) is 0 Å². The van der Waals surface area contributed by atoms with E-state index in [2.05, 4.69) is 31.0 Å². The lowest BCUT2D eigenvalue weighted by Crippen LogP contribution is -2.34. The average molecular weight is 297 g/mol. The second-order valence-electron chi connectivity index (χ2n) is 7.04. The Morgan fingerprint density at radius 3 is 2.43 bits per heavy atom. The minimum absolute atomic E-state index is 0.200. The molecule has 0 aromatic carbocycles. The number of nitrogens with two attached hydrogens (primary N) is 1. The molecule has 3 N–H and O–H groups in total. The van der Waals surface area contributed by atoms with Crippen molar-refractivity contribution >= 4 is 5.91 Å². The molecule has 1 fully saturated rings. The van der Waals surface area contributed by atoms with Gasteiger partial charge in [-0.1, -0.05) is 20.8 Å². The summed E-state index contributed by atoms with van der Waals surface area (Å²) in [4.78, 5) is 14.5. The highest BCUT2D eigenvalue weighted by atomic mass is 16.1. The fraction of sp³-hybridized carbons (Fsp3) is 0.941. The van der Waals surface area contributed by atoms with Gasteiger partial charge in [0.15, 0.2) is 0 Å². The smallest absolute Gasteiger partial charge is 0.220 e. The van der Waals surface area contributed by atoms with Crippen LogP contribution in [0.3, 0.4) is 0 Å². The van der Waals surface area contributed by atoms with Gasteiger partial charge >= 0.3 is 0 Å². The zero-order valence-corrected chi connectivity index (χ0v) is 14.2. The van der Waals surface area contributed by atoms with E-state index in [1.165, 1.54) is 25.9 Å². The van der Waals surface area contributed by atoms with E-state index in [1.807, 2.05) is 0 Å². The molecular formula is C17H35N3O. The molecule has 1 amide bonds. The Balaban J connectivity index is 2.14. The zero-order valence-electron chi connectivity index (χ0n) is 14.2. The largest absolute Gasteiger partial charge is 0.356 e. The highest BCUT2D eigenvalue weighted by Gasteiger charge is 2.16. The van der Waals surface area contributed by atoms with Crippen LogP contribution in [0.15, 0.2) is 0 Å². The zero-order chi connectivity index (χ0) is 15.7. The van der Waals surface area contributed by atoms with Crippen LogP contribution in [0.2, 0.25) is 0 Å². The van der Waals surface area contributed by atoms with Crippen molar-refractivity contribution in [1.82, 2.24) is 10.2 Å². The topological polar surface area (TPSA) is 58.4 Å². The Labute approximate surface area is 130 Å². The SMILES string of the molecule is CC(CNC(=O)CCC(CCN)C(C)C)CN1CCCC1. The fourth-order valence-corrected chi connectivity index (χ4v) is 3.19. The van der Waals surface area contributed by atoms with E-state index in [1.54, 1.807) is 0 Å². The monoisotopic (exact) mass is 297 g/mol. The van der Waals surface area contributed by atoms with Gasteiger partial charge < -0.3 is 16.0 Å². The van der Waals surface area contributed by atoms with Crippen molar-refractivity contribution < 1.29 is 4.79 Å². The number of likely N-dealkylation sites (tertiary alicyclic amines) is 1. The molecule has 0 aromatic heterocycles. The number of nitrogens with one attached hydrogen (secondary N) is 1. The van der Waals surface area contributed by atoms with Crippen LogP contribution in [0, 0.1) is 17.8 Å². The summed E-state index contributed by atoms with van der Waals surface area (Å²) in [6, 6.07) is 0. The molecule has 1 rings (SSSR count). The molecule has 1 saturated heterocycles. The first-order valence-electron chi connectivity index (χ1n) is 8.72. The van der Waals surface area contributed by atoms with Crippen LogP contribution in [0.4, 0.5) is 0 Å². The number of hydrogen-bond acceptors (Lipinski definition) is 3. The van der Waals surface area contributed by atoms with Gasteiger partial charge in [-0.15, -0.1) is 0 Å². The number of amides is 1. The Bertz CT molecular complexity index is 288. The van der Waals surface area contributed by atoms with Crippen molar-refractivity contribution in [1.29, 1.82) is 0 Å². The molecule has 0 aromatic rings. The first-order chi connectivity index (χ1) is 10.0. The molecule has 0 bridgehead atoms. The summed E-state index contributed by atoms with van der Waals surface area (Å²) in [5, 5.41) is 3.10. The number of nitrogens with zero attached hydrogens (tertiary/aromatic N) is 1. The average Bonchev–Trinajstić information content (AvgIpc) is 2.93. The van der Waals surface area contributed by atoms with E-state index in [0.717, 1.165) is 32.5 Å². The van der Waals surface area contributed by atoms with Crippen molar-refractivity contribution in [2.24, 2.45) is 23.5 Å². The summed E-state index contributed by atoms with van der Waals surface area (Å²) in [5.41, 5.74) is 5.64. The lowest BCUT2D eigenvalue weighted by Gasteiger charge is -2.21. The van der Waals surface area contributed by atoms with Gasteiger partial charge in [0.25, 0.3) is 0 Å². The number of hydrogen-bond donors (Lipinski definition) is 2. The second kappa shape index (κ2) is 10.2. The Kier molecular flexibility index (Phi) is 8.93. The molecule has 124 valence electrons. The van der Waals surface area contributed by atoms with E-state index in [-0.39, 0.29) is 5.91 Å². The van der Waals surface area contributed by atoms with Crippen LogP contribution in [0.1, 0.15) is 52.9 Å². The maximum absolute atomic E-state index is 12.0. The summed E-state index contributed by atoms with van der Waals surface area (Å²) < 4.78 is 0. The first-order valence-corrected chi connectivity index (χ1v) is 8.72. The van der Waals surface area contributed by atoms with Gasteiger partial charge in [0.1, 0.15) is 0 Å². The fourth-order valence-electron chi connectivity index (χ4n) is 3.19. The van der Waals surface area contributed by atoms with Crippen LogP contribution >= 0.6 is 0 Å². The van der Waals surface area contributed by atoms with Crippen molar-refractivity contribution in [2.45, 2.75) is 52.9 Å². The molecular weight excluding hydrogens is 262 g/mol. The Morgan fingerprint density at radius 1 is 1.19 bits per heavy atom. The lowest BCUT2D eigenvalue weighted by molar-refractivity contribution is -0.121. The minimum atomic E-state index is 0.200. The van der Waals surface area contributed by atoms with Gasteiger partial charge in [-0.2, -0.15) is 0 Å². The molecule has 2 atom stereocenters. The van der Waals surface area contributed by atoms with Crippen LogP contribution in [0.25, 0.3) is 0 Å². The third-order valence-corrected chi connectivity index (χ3v) is 4.64. The highest BCUT2D eigenvalue weighted by molar-refractivity contribution is 5.75. The predicted octanol–water partition coefficient (Wildman–Crippen LogP) is 2.24. The van der Waals surface area contributed by atoms with Gasteiger partial charge in [0.05, 0.1) is 0 Å². The number of carbonyl (C=O) groups is 1. The maximum atomic E-state index is 12.0. The van der Waals surface area contributed by atoms with Crippen molar-refractivity contribution in [3.8, 4) is 0 Å². The van der Waals surface area contributed by atoms with E-state index in [0.29, 0.717) is 24.2 Å². The highest BCUT2D eigenvalue weighted by Crippen LogP contribution is 2.20. The van der Waals surface area contributed by atoms with Gasteiger partial charge in [-0.05, 0) is 63.1 Å². The van der Waals surface area contributed by atoms with Crippen LogP contribution in [-0.2, 0) is 4.79 Å². The summed E-state index contributed by atoms with van der Waals surface area (Å²) in [5.74, 6) is 1.92. The third-order valence-electron chi connectivity index (χ3n) is 4.64. The van der Waals surface area contributed by atoms with Crippen molar-refractivity contribution in [3.05, 3.63) is 0 Å². The van der Waals surface area contributed by atoms with Crippen molar-refractivity contribution in [2.75, 3.05) is 32.7 Å². The van der Waals surface area contributed by atoms with Crippen LogP contribution < -0.4 is 11.1 Å². The quantitative estimate of drug-likeness (QED) is 0.650. The summed E-state index contributed by atoms with van der Waals surface area (Å²) >= 11 is 0. The second-order valence-corrected chi connectivity index (χ2v) is 7.04. The summed E-state index contributed by atoms with van der Waals surface area (Å²) in [6.07, 6.45) is 5.28. The molecule has 21 heavy (non-hydrogen) atoms. The molecule has 0 radical (unpaired) electrons. The third kappa shape index (κ3) is 7.82. The van der Waals surface area contributed by atoms with Crippen LogP contribution in [0.5, 0.6) is 0 Å². The molecule has 0 spiro atoms. The molecule has 1 aliphatic heterocycles. The standard InChI is InChI=1S/C17H35N3O/c1-14(2)16(8-9-18)6-7-17(21)19-12-15(3)13-20-10-4-5-11-20/h14-16H,4-13,18H2,1-3H3,(H,19,21). The maximum Gasteiger partial charge on any atom is 0.220 e. The molecule has 2 unspecified atom stereocenters. The predicted molar refractivity (Wildman–Crippen MR) is 89.1 cm³/mol. The lowest BCUT2D eigenvalue weighted by atomic mass is 9.88. The molecule has 1 aliphatic rings. The summed E-state index contributed by atoms with van der Waals surface area (Å²) in [7, 11) is 0. The normalized spacial score (nSPS) is 18.9. The first kappa shape index (κ1) is 18.4. The molecule has 1 heterocycles. The van der Waals surface area contributed by atoms with Gasteiger partial charge in [0.2, 0.25) is 5.91 Å². The molecule has 0 saturated carbocycles. The van der Waals surface area contributed by atoms with Gasteiger partial charge in [-0.3, -0.25) is 4.79 Å². The van der Waals surface area contributed by atoms with Gasteiger partial charge in [0, 0.05) is 19.5 Å². The number of carbonyl (C=O) groups excluding carboxylic acids is 1. The van der Waals surface area contributed by atoms with E-state index >= 15 is 0 Å². The Hall–Kier alpha value is -0.610. The van der Waals surface area contributed by atoms with Crippen molar-refractivity contribution in [3.63, 3.8) is 0 Å². The molecule has 0 aliphatic carbocycles. The number of rotatable bonds is 10. The van der Waals surface area contributed by atoms with E-state index < -0.39 is 0 Å². The summed E-state index contributed by atoms with van der Waals surface area (Å²) in [6.45, 7) is 11.8.